The van der Waals surface area contributed by atoms with E-state index in [1.54, 1.807) is 0 Å². The zero-order chi connectivity index (χ0) is 33.0. The molecule has 0 bridgehead atoms. The average Bonchev–Trinajstić information content (AvgIpc) is 3.74. The fourth-order valence-electron chi connectivity index (χ4n) is 7.48. The molecular weight excluding hydrogens is 609 g/mol. The minimum absolute atomic E-state index is 0.838. The molecule has 236 valence electrons. The molecule has 2 aromatic heterocycles. The Hall–Kier alpha value is -6.38. The molecule has 10 rings (SSSR count). The summed E-state index contributed by atoms with van der Waals surface area (Å²) >= 11 is 0. The quantitative estimate of drug-likeness (QED) is 0.187. The van der Waals surface area contributed by atoms with Gasteiger partial charge in [0, 0.05) is 27.6 Å². The molecule has 1 aliphatic rings. The van der Waals surface area contributed by atoms with Crippen molar-refractivity contribution < 1.29 is 8.83 Å². The van der Waals surface area contributed by atoms with E-state index >= 15 is 0 Å². The van der Waals surface area contributed by atoms with Crippen molar-refractivity contribution in [2.24, 2.45) is 0 Å². The molecule has 0 N–H and O–H groups in total. The summed E-state index contributed by atoms with van der Waals surface area (Å²) in [6.45, 7) is 0. The first-order valence-electron chi connectivity index (χ1n) is 17.3. The number of furan rings is 2. The van der Waals surface area contributed by atoms with Crippen LogP contribution in [0.15, 0.2) is 179 Å². The van der Waals surface area contributed by atoms with Crippen LogP contribution in [0.5, 0.6) is 0 Å². The molecule has 0 radical (unpaired) electrons. The molecule has 1 aliphatic carbocycles. The van der Waals surface area contributed by atoms with Crippen molar-refractivity contribution in [1.82, 2.24) is 0 Å². The summed E-state index contributed by atoms with van der Waals surface area (Å²) in [6.07, 6.45) is 9.00. The van der Waals surface area contributed by atoms with Gasteiger partial charge < -0.3 is 8.83 Å². The first kappa shape index (κ1) is 28.6. The van der Waals surface area contributed by atoms with Crippen molar-refractivity contribution in [1.29, 1.82) is 0 Å². The third-order valence-electron chi connectivity index (χ3n) is 10.1. The number of allylic oxidation sites excluding steroid dienone is 4. The third-order valence-corrected chi connectivity index (χ3v) is 10.1. The van der Waals surface area contributed by atoms with Crippen LogP contribution in [0.1, 0.15) is 18.4 Å². The summed E-state index contributed by atoms with van der Waals surface area (Å²) in [6, 6.07) is 54.4. The molecule has 0 atom stereocenters. The van der Waals surface area contributed by atoms with Crippen LogP contribution in [0.4, 0.5) is 0 Å². The normalized spacial score (nSPS) is 13.1. The fourth-order valence-corrected chi connectivity index (χ4v) is 7.48. The Balaban J connectivity index is 1.04. The topological polar surface area (TPSA) is 26.3 Å². The van der Waals surface area contributed by atoms with E-state index in [4.69, 9.17) is 8.83 Å². The molecule has 2 heterocycles. The Morgan fingerprint density at radius 3 is 1.32 bits per heavy atom. The van der Waals surface area contributed by atoms with E-state index in [1.165, 1.54) is 50.1 Å². The van der Waals surface area contributed by atoms with Crippen molar-refractivity contribution in [3.05, 3.63) is 175 Å². The van der Waals surface area contributed by atoms with Crippen molar-refractivity contribution in [3.63, 3.8) is 0 Å². The summed E-state index contributed by atoms with van der Waals surface area (Å²) in [5.41, 5.74) is 15.5. The van der Waals surface area contributed by atoms with Crippen LogP contribution in [-0.4, -0.2) is 0 Å². The van der Waals surface area contributed by atoms with Crippen molar-refractivity contribution in [3.8, 4) is 44.5 Å². The molecule has 9 aromatic rings. The molecule has 0 fully saturated rings. The lowest BCUT2D eigenvalue weighted by Crippen LogP contribution is -1.86. The predicted molar refractivity (Wildman–Crippen MR) is 209 cm³/mol. The minimum atomic E-state index is 0.838. The van der Waals surface area contributed by atoms with E-state index < -0.39 is 0 Å². The van der Waals surface area contributed by atoms with Crippen molar-refractivity contribution >= 4 is 49.5 Å². The maximum atomic E-state index is 6.36. The number of benzene rings is 7. The Morgan fingerprint density at radius 1 is 0.320 bits per heavy atom. The standard InChI is InChI=1S/C48H32O2/c1-4-10-31(11-5-1)36-20-22-45-41(27-36)43-29-44-42-28-37(21-23-46(42)50-48(44)30-47(43)49-45)34-16-18-35(19-17-34)40-25-38(32-12-6-2-7-13-32)24-39(26-40)33-14-8-3-9-15-33/h2-4,6-30H,1,5H2. The maximum Gasteiger partial charge on any atom is 0.139 e. The largest absolute Gasteiger partial charge is 0.456 e. The molecular formula is C48H32O2. The van der Waals surface area contributed by atoms with Gasteiger partial charge in [-0.1, -0.05) is 115 Å². The molecule has 0 saturated carbocycles. The van der Waals surface area contributed by atoms with Crippen LogP contribution in [0.3, 0.4) is 0 Å². The predicted octanol–water partition coefficient (Wildman–Crippen LogP) is 13.9. The summed E-state index contributed by atoms with van der Waals surface area (Å²) in [5.74, 6) is 0. The molecule has 50 heavy (non-hydrogen) atoms. The summed E-state index contributed by atoms with van der Waals surface area (Å²) in [4.78, 5) is 0. The minimum Gasteiger partial charge on any atom is -0.456 e. The second kappa shape index (κ2) is 11.6. The van der Waals surface area contributed by atoms with E-state index in [0.29, 0.717) is 0 Å². The Kier molecular flexibility index (Phi) is 6.67. The fraction of sp³-hybridized carbons (Fsp3) is 0.0417. The highest BCUT2D eigenvalue weighted by atomic mass is 16.3. The van der Waals surface area contributed by atoms with Crippen LogP contribution in [0, 0.1) is 0 Å². The van der Waals surface area contributed by atoms with E-state index in [2.05, 4.69) is 164 Å². The lowest BCUT2D eigenvalue weighted by Gasteiger charge is -2.12. The lowest BCUT2D eigenvalue weighted by molar-refractivity contribution is 0.656. The van der Waals surface area contributed by atoms with Gasteiger partial charge in [-0.15, -0.1) is 0 Å². The maximum absolute atomic E-state index is 6.36. The number of fused-ring (bicyclic) bond motifs is 6. The van der Waals surface area contributed by atoms with Gasteiger partial charge in [-0.2, -0.15) is 0 Å². The molecule has 0 spiro atoms. The molecule has 0 unspecified atom stereocenters. The lowest BCUT2D eigenvalue weighted by atomic mass is 9.92. The van der Waals surface area contributed by atoms with Gasteiger partial charge in [-0.25, -0.2) is 0 Å². The summed E-state index contributed by atoms with van der Waals surface area (Å²) in [7, 11) is 0. The number of hydrogen-bond acceptors (Lipinski definition) is 2. The molecule has 0 amide bonds. The van der Waals surface area contributed by atoms with Gasteiger partial charge in [0.1, 0.15) is 22.3 Å². The summed E-state index contributed by atoms with van der Waals surface area (Å²) < 4.78 is 12.7. The third kappa shape index (κ3) is 4.96. The molecule has 0 aliphatic heterocycles. The molecule has 2 heteroatoms. The average molecular weight is 641 g/mol. The van der Waals surface area contributed by atoms with E-state index in [0.717, 1.165) is 62.3 Å². The zero-order valence-electron chi connectivity index (χ0n) is 27.4. The number of hydrogen-bond donors (Lipinski definition) is 0. The van der Waals surface area contributed by atoms with Crippen LogP contribution < -0.4 is 0 Å². The second-order valence-corrected chi connectivity index (χ2v) is 13.2. The van der Waals surface area contributed by atoms with E-state index in [-0.39, 0.29) is 0 Å². The monoisotopic (exact) mass is 640 g/mol. The van der Waals surface area contributed by atoms with Crippen LogP contribution in [0.25, 0.3) is 94.0 Å². The Bertz CT molecular complexity index is 2720. The van der Waals surface area contributed by atoms with Gasteiger partial charge in [0.25, 0.3) is 0 Å². The van der Waals surface area contributed by atoms with Crippen LogP contribution in [-0.2, 0) is 0 Å². The highest BCUT2D eigenvalue weighted by Crippen LogP contribution is 2.40. The van der Waals surface area contributed by atoms with Gasteiger partial charge in [-0.3, -0.25) is 0 Å². The molecule has 2 nitrogen and oxygen atoms in total. The van der Waals surface area contributed by atoms with Crippen LogP contribution in [0.2, 0.25) is 0 Å². The van der Waals surface area contributed by atoms with E-state index in [9.17, 15) is 0 Å². The highest BCUT2D eigenvalue weighted by molar-refractivity contribution is 6.16. The Morgan fingerprint density at radius 2 is 0.780 bits per heavy atom. The van der Waals surface area contributed by atoms with Crippen molar-refractivity contribution in [2.45, 2.75) is 12.8 Å². The number of rotatable bonds is 5. The highest BCUT2D eigenvalue weighted by Gasteiger charge is 2.16. The molecule has 7 aromatic carbocycles. The van der Waals surface area contributed by atoms with Gasteiger partial charge in [0.15, 0.2) is 0 Å². The van der Waals surface area contributed by atoms with Gasteiger partial charge in [0.05, 0.1) is 0 Å². The van der Waals surface area contributed by atoms with Crippen molar-refractivity contribution in [2.75, 3.05) is 0 Å². The SMILES string of the molecule is C1=CC(c2ccc3oc4cc5oc6ccc(-c7ccc(-c8cc(-c9ccccc9)cc(-c9ccccc9)c8)cc7)cc6c5cc4c3c2)=CCC1. The van der Waals surface area contributed by atoms with Gasteiger partial charge >= 0.3 is 0 Å². The van der Waals surface area contributed by atoms with Gasteiger partial charge in [0.2, 0.25) is 0 Å². The Labute approximate surface area is 290 Å². The van der Waals surface area contributed by atoms with Gasteiger partial charge in [-0.05, 0) is 117 Å². The zero-order valence-corrected chi connectivity index (χ0v) is 27.4. The van der Waals surface area contributed by atoms with Crippen LogP contribution >= 0.6 is 0 Å². The first-order valence-corrected chi connectivity index (χ1v) is 17.3. The van der Waals surface area contributed by atoms with E-state index in [1.807, 2.05) is 6.07 Å². The second-order valence-electron chi connectivity index (χ2n) is 13.2. The first-order chi connectivity index (χ1) is 24.7. The molecule has 0 saturated heterocycles. The summed E-state index contributed by atoms with van der Waals surface area (Å²) in [5, 5.41) is 4.45. The smallest absolute Gasteiger partial charge is 0.139 e.